The summed E-state index contributed by atoms with van der Waals surface area (Å²) in [7, 11) is -4.17. The first kappa shape index (κ1) is 36.2. The molecule has 0 aliphatic carbocycles. The Morgan fingerprint density at radius 1 is 0.889 bits per heavy atom. The molecule has 248 valence electrons. The van der Waals surface area contributed by atoms with E-state index in [1.54, 1.807) is 0 Å². The lowest BCUT2D eigenvalue weighted by atomic mass is 10.0. The van der Waals surface area contributed by atoms with Crippen molar-refractivity contribution in [1.82, 2.24) is 14.5 Å². The Hall–Kier alpha value is -3.31. The number of amides is 2. The molecule has 1 heterocycles. The van der Waals surface area contributed by atoms with Crippen LogP contribution in [-0.4, -0.2) is 66.7 Å². The SMILES string of the molecule is O=C(NCc1cc(C(F)(F)F)cc(C(F)(F)F)c1)C1CN(C(=O)/C=C/c2cccc(C(F)(F)F)c2)CCN1S(=O)(=O)CCCCl. The predicted molar refractivity (Wildman–Crippen MR) is 145 cm³/mol. The number of hydrogen-bond donors (Lipinski definition) is 1. The van der Waals surface area contributed by atoms with E-state index >= 15 is 0 Å². The van der Waals surface area contributed by atoms with Crippen LogP contribution in [0.15, 0.2) is 48.5 Å². The van der Waals surface area contributed by atoms with Gasteiger partial charge in [0.25, 0.3) is 0 Å². The van der Waals surface area contributed by atoms with Crippen molar-refractivity contribution < 1.29 is 57.5 Å². The highest BCUT2D eigenvalue weighted by molar-refractivity contribution is 7.89. The second-order valence-corrected chi connectivity index (χ2v) is 12.3. The first-order chi connectivity index (χ1) is 20.7. The second kappa shape index (κ2) is 14.0. The lowest BCUT2D eigenvalue weighted by Gasteiger charge is -2.39. The Morgan fingerprint density at radius 2 is 1.49 bits per heavy atom. The minimum Gasteiger partial charge on any atom is -0.351 e. The fourth-order valence-electron chi connectivity index (χ4n) is 4.39. The minimum atomic E-state index is -5.14. The van der Waals surface area contributed by atoms with Gasteiger partial charge in [0.1, 0.15) is 6.04 Å². The lowest BCUT2D eigenvalue weighted by molar-refractivity contribution is -0.143. The average Bonchev–Trinajstić information content (AvgIpc) is 2.96. The van der Waals surface area contributed by atoms with Gasteiger partial charge in [0.2, 0.25) is 21.8 Å². The van der Waals surface area contributed by atoms with Gasteiger partial charge >= 0.3 is 18.5 Å². The molecule has 1 aliphatic rings. The van der Waals surface area contributed by atoms with E-state index in [0.29, 0.717) is 12.1 Å². The van der Waals surface area contributed by atoms with Gasteiger partial charge in [0.15, 0.2) is 0 Å². The van der Waals surface area contributed by atoms with E-state index in [2.05, 4.69) is 5.32 Å². The molecule has 1 aliphatic heterocycles. The maximum atomic E-state index is 13.2. The zero-order chi connectivity index (χ0) is 33.8. The third kappa shape index (κ3) is 9.84. The minimum absolute atomic E-state index is 0.0123. The molecule has 2 amide bonds. The summed E-state index contributed by atoms with van der Waals surface area (Å²) in [5.41, 5.74) is -4.75. The Labute approximate surface area is 256 Å². The summed E-state index contributed by atoms with van der Waals surface area (Å²) < 4.78 is 145. The smallest absolute Gasteiger partial charge is 0.351 e. The average molecular weight is 694 g/mol. The van der Waals surface area contributed by atoms with E-state index in [0.717, 1.165) is 39.6 Å². The van der Waals surface area contributed by atoms with Crippen LogP contribution < -0.4 is 5.32 Å². The second-order valence-electron chi connectivity index (χ2n) is 9.86. The summed E-state index contributed by atoms with van der Waals surface area (Å²) in [6.45, 7) is -2.07. The maximum absolute atomic E-state index is 13.2. The molecule has 0 saturated carbocycles. The highest BCUT2D eigenvalue weighted by Gasteiger charge is 2.41. The van der Waals surface area contributed by atoms with E-state index in [-0.39, 0.29) is 30.5 Å². The highest BCUT2D eigenvalue weighted by Crippen LogP contribution is 2.36. The normalized spacial score (nSPS) is 17.1. The highest BCUT2D eigenvalue weighted by atomic mass is 35.5. The van der Waals surface area contributed by atoms with Crippen molar-refractivity contribution in [2.45, 2.75) is 37.5 Å². The molecule has 1 unspecified atom stereocenters. The van der Waals surface area contributed by atoms with Crippen LogP contribution in [0.2, 0.25) is 0 Å². The van der Waals surface area contributed by atoms with Crippen molar-refractivity contribution in [3.05, 3.63) is 76.4 Å². The first-order valence-electron chi connectivity index (χ1n) is 13.0. The molecule has 45 heavy (non-hydrogen) atoms. The molecule has 1 atom stereocenters. The van der Waals surface area contributed by atoms with Gasteiger partial charge in [0.05, 0.1) is 22.4 Å². The van der Waals surface area contributed by atoms with Crippen LogP contribution in [-0.2, 0) is 44.7 Å². The van der Waals surface area contributed by atoms with Crippen molar-refractivity contribution in [1.29, 1.82) is 0 Å². The van der Waals surface area contributed by atoms with E-state index in [1.165, 1.54) is 6.07 Å². The Kier molecular flexibility index (Phi) is 11.2. The number of piperazine rings is 1. The number of nitrogens with zero attached hydrogens (tertiary/aromatic N) is 2. The van der Waals surface area contributed by atoms with E-state index in [4.69, 9.17) is 11.6 Å². The van der Waals surface area contributed by atoms with Crippen LogP contribution >= 0.6 is 11.6 Å². The van der Waals surface area contributed by atoms with Crippen LogP contribution in [0.4, 0.5) is 39.5 Å². The molecule has 2 aromatic carbocycles. The zero-order valence-electron chi connectivity index (χ0n) is 22.9. The molecular weight excluding hydrogens is 669 g/mol. The summed E-state index contributed by atoms with van der Waals surface area (Å²) in [4.78, 5) is 27.1. The molecule has 1 N–H and O–H groups in total. The summed E-state index contributed by atoms with van der Waals surface area (Å²) in [6, 6.07) is 3.12. The molecule has 3 rings (SSSR count). The first-order valence-corrected chi connectivity index (χ1v) is 15.1. The van der Waals surface area contributed by atoms with Crippen LogP contribution in [0.5, 0.6) is 0 Å². The van der Waals surface area contributed by atoms with Gasteiger partial charge in [-0.15, -0.1) is 11.6 Å². The van der Waals surface area contributed by atoms with E-state index in [1.807, 2.05) is 0 Å². The fraction of sp³-hybridized carbons (Fsp3) is 0.407. The molecule has 1 saturated heterocycles. The summed E-state index contributed by atoms with van der Waals surface area (Å²) >= 11 is 5.59. The molecule has 1 fully saturated rings. The van der Waals surface area contributed by atoms with Gasteiger partial charge in [-0.1, -0.05) is 12.1 Å². The lowest BCUT2D eigenvalue weighted by Crippen LogP contribution is -2.61. The number of halogens is 10. The predicted octanol–water partition coefficient (Wildman–Crippen LogP) is 5.54. The molecule has 7 nitrogen and oxygen atoms in total. The summed E-state index contributed by atoms with van der Waals surface area (Å²) in [6.07, 6.45) is -12.9. The third-order valence-electron chi connectivity index (χ3n) is 6.59. The number of nitrogens with one attached hydrogen (secondary N) is 1. The molecule has 0 radical (unpaired) electrons. The van der Waals surface area contributed by atoms with Gasteiger partial charge in [-0.25, -0.2) is 8.42 Å². The number of alkyl halides is 10. The number of benzene rings is 2. The van der Waals surface area contributed by atoms with E-state index in [9.17, 15) is 57.5 Å². The zero-order valence-corrected chi connectivity index (χ0v) is 24.5. The van der Waals surface area contributed by atoms with E-state index < -0.39 is 94.0 Å². The van der Waals surface area contributed by atoms with Gasteiger partial charge < -0.3 is 10.2 Å². The van der Waals surface area contributed by atoms with Gasteiger partial charge in [0, 0.05) is 38.1 Å². The molecule has 0 aromatic heterocycles. The quantitative estimate of drug-likeness (QED) is 0.212. The number of carbonyl (C=O) groups excluding carboxylic acids is 2. The summed E-state index contributed by atoms with van der Waals surface area (Å²) in [5, 5.41) is 2.15. The molecular formula is C27H25ClF9N3O4S. The van der Waals surface area contributed by atoms with Crippen LogP contribution in [0, 0.1) is 0 Å². The van der Waals surface area contributed by atoms with Crippen molar-refractivity contribution >= 4 is 39.5 Å². The maximum Gasteiger partial charge on any atom is 0.416 e. The van der Waals surface area contributed by atoms with Crippen molar-refractivity contribution in [2.24, 2.45) is 0 Å². The largest absolute Gasteiger partial charge is 0.416 e. The van der Waals surface area contributed by atoms with Crippen LogP contribution in [0.3, 0.4) is 0 Å². The number of rotatable bonds is 9. The third-order valence-corrected chi connectivity index (χ3v) is 8.81. The molecule has 0 bridgehead atoms. The Bertz CT molecular complexity index is 1490. The van der Waals surface area contributed by atoms with Crippen LogP contribution in [0.1, 0.15) is 34.2 Å². The number of carbonyl (C=O) groups is 2. The Morgan fingerprint density at radius 3 is 2.04 bits per heavy atom. The standard InChI is InChI=1S/C27H25ClF9N3O4S/c28-7-2-10-45(43,44)40-9-8-39(23(41)6-5-17-3-1-4-19(11-17)25(29,30)31)16-22(40)24(42)38-15-18-12-20(26(32,33)34)14-21(13-18)27(35,36)37/h1,3-6,11-14,22H,2,7-10,15-16H2,(H,38,42)/b6-5+. The number of hydrogen-bond acceptors (Lipinski definition) is 4. The van der Waals surface area contributed by atoms with Gasteiger partial charge in [-0.2, -0.15) is 43.8 Å². The van der Waals surface area contributed by atoms with Crippen LogP contribution in [0.25, 0.3) is 6.08 Å². The Balaban J connectivity index is 1.85. The fourth-order valence-corrected chi connectivity index (χ4v) is 6.33. The topological polar surface area (TPSA) is 86.8 Å². The molecule has 2 aromatic rings. The monoisotopic (exact) mass is 693 g/mol. The molecule has 0 spiro atoms. The van der Waals surface area contributed by atoms with Gasteiger partial charge in [-0.3, -0.25) is 9.59 Å². The van der Waals surface area contributed by atoms with Gasteiger partial charge in [-0.05, 0) is 54.0 Å². The molecule has 18 heteroatoms. The van der Waals surface area contributed by atoms with Crippen molar-refractivity contribution in [3.8, 4) is 0 Å². The number of sulfonamides is 1. The summed E-state index contributed by atoms with van der Waals surface area (Å²) in [5.74, 6) is -2.46. The van der Waals surface area contributed by atoms with Crippen molar-refractivity contribution in [2.75, 3.05) is 31.3 Å². The van der Waals surface area contributed by atoms with Crippen molar-refractivity contribution in [3.63, 3.8) is 0 Å².